The number of nitrogens with one attached hydrogen (secondary N) is 1. The van der Waals surface area contributed by atoms with Crippen LogP contribution in [0.1, 0.15) is 25.1 Å². The van der Waals surface area contributed by atoms with Gasteiger partial charge in [-0.15, -0.1) is 0 Å². The van der Waals surface area contributed by atoms with Crippen molar-refractivity contribution in [1.82, 2.24) is 9.88 Å². The lowest BCUT2D eigenvalue weighted by atomic mass is 10.1. The fourth-order valence-electron chi connectivity index (χ4n) is 3.09. The maximum atomic E-state index is 10.2. The number of phenols is 2. The van der Waals surface area contributed by atoms with E-state index in [1.54, 1.807) is 18.2 Å². The summed E-state index contributed by atoms with van der Waals surface area (Å²) in [6.45, 7) is 8.74. The molecule has 1 heterocycles. The maximum absolute atomic E-state index is 10.2. The predicted molar refractivity (Wildman–Crippen MR) is 106 cm³/mol. The van der Waals surface area contributed by atoms with Gasteiger partial charge in [0.15, 0.2) is 0 Å². The van der Waals surface area contributed by atoms with Crippen LogP contribution in [-0.2, 0) is 6.54 Å². The normalized spacial score (nSPS) is 11.2. The molecule has 26 heavy (non-hydrogen) atoms. The second kappa shape index (κ2) is 7.62. The van der Waals surface area contributed by atoms with Crippen molar-refractivity contribution >= 4 is 22.3 Å². The molecule has 0 radical (unpaired) electrons. The highest BCUT2D eigenvalue weighted by molar-refractivity contribution is 5.94. The maximum Gasteiger partial charge on any atom is 0.120 e. The van der Waals surface area contributed by atoms with E-state index in [1.807, 2.05) is 31.2 Å². The zero-order chi connectivity index (χ0) is 18.7. The van der Waals surface area contributed by atoms with Gasteiger partial charge in [0.25, 0.3) is 0 Å². The van der Waals surface area contributed by atoms with Crippen molar-refractivity contribution < 1.29 is 10.2 Å². The molecule has 0 atom stereocenters. The first-order valence-corrected chi connectivity index (χ1v) is 8.91. The average molecular weight is 351 g/mol. The van der Waals surface area contributed by atoms with Crippen molar-refractivity contribution in [2.24, 2.45) is 0 Å². The van der Waals surface area contributed by atoms with E-state index in [1.165, 1.54) is 0 Å². The molecule has 0 fully saturated rings. The van der Waals surface area contributed by atoms with Crippen LogP contribution in [-0.4, -0.2) is 33.2 Å². The van der Waals surface area contributed by atoms with Crippen molar-refractivity contribution in [3.63, 3.8) is 0 Å². The highest BCUT2D eigenvalue weighted by Crippen LogP contribution is 2.30. The van der Waals surface area contributed by atoms with Gasteiger partial charge in [0.1, 0.15) is 11.5 Å². The standard InChI is InChI=1S/C21H25N3O2/c1-4-24(5-2)13-15-11-16(6-9-21(15)26)23-19-10-14(3)22-20-12-17(25)7-8-18(19)20/h6-12,25-26H,4-5,13H2,1-3H3,(H,22,23). The van der Waals surface area contributed by atoms with Crippen molar-refractivity contribution in [2.45, 2.75) is 27.3 Å². The molecule has 0 saturated heterocycles. The van der Waals surface area contributed by atoms with Gasteiger partial charge in [-0.2, -0.15) is 0 Å². The Kier molecular flexibility index (Phi) is 5.28. The van der Waals surface area contributed by atoms with Gasteiger partial charge < -0.3 is 15.5 Å². The third-order valence-corrected chi connectivity index (χ3v) is 4.57. The number of hydrogen-bond acceptors (Lipinski definition) is 5. The van der Waals surface area contributed by atoms with Crippen LogP contribution in [0.4, 0.5) is 11.4 Å². The smallest absolute Gasteiger partial charge is 0.120 e. The summed E-state index contributed by atoms with van der Waals surface area (Å²) < 4.78 is 0. The molecule has 1 aromatic heterocycles. The molecule has 0 aliphatic carbocycles. The Morgan fingerprint density at radius 3 is 2.50 bits per heavy atom. The van der Waals surface area contributed by atoms with Gasteiger partial charge >= 0.3 is 0 Å². The molecule has 2 aromatic carbocycles. The molecule has 3 rings (SSSR count). The molecule has 0 bridgehead atoms. The van der Waals surface area contributed by atoms with Crippen LogP contribution in [0.2, 0.25) is 0 Å². The van der Waals surface area contributed by atoms with Gasteiger partial charge in [-0.3, -0.25) is 9.88 Å². The Labute approximate surface area is 153 Å². The van der Waals surface area contributed by atoms with E-state index in [2.05, 4.69) is 29.0 Å². The number of hydrogen-bond donors (Lipinski definition) is 3. The third kappa shape index (κ3) is 3.89. The molecular formula is C21H25N3O2. The SMILES string of the molecule is CCN(CC)Cc1cc(Nc2cc(C)nc3cc(O)ccc23)ccc1O. The van der Waals surface area contributed by atoms with E-state index in [9.17, 15) is 10.2 Å². The van der Waals surface area contributed by atoms with E-state index in [0.29, 0.717) is 12.3 Å². The Morgan fingerprint density at radius 1 is 1.00 bits per heavy atom. The minimum Gasteiger partial charge on any atom is -0.508 e. The van der Waals surface area contributed by atoms with Crippen molar-refractivity contribution in [2.75, 3.05) is 18.4 Å². The lowest BCUT2D eigenvalue weighted by Crippen LogP contribution is -2.22. The molecule has 3 aromatic rings. The summed E-state index contributed by atoms with van der Waals surface area (Å²) >= 11 is 0. The minimum absolute atomic E-state index is 0.202. The first kappa shape index (κ1) is 18.0. The van der Waals surface area contributed by atoms with Gasteiger partial charge in [0, 0.05) is 40.6 Å². The van der Waals surface area contributed by atoms with Gasteiger partial charge in [-0.05, 0) is 56.4 Å². The fourth-order valence-corrected chi connectivity index (χ4v) is 3.09. The zero-order valence-electron chi connectivity index (χ0n) is 15.5. The summed E-state index contributed by atoms with van der Waals surface area (Å²) in [4.78, 5) is 6.74. The topological polar surface area (TPSA) is 68.6 Å². The Bertz CT molecular complexity index is 915. The summed E-state index contributed by atoms with van der Waals surface area (Å²) in [5.74, 6) is 0.510. The van der Waals surface area contributed by atoms with E-state index < -0.39 is 0 Å². The molecule has 3 N–H and O–H groups in total. The third-order valence-electron chi connectivity index (χ3n) is 4.57. The van der Waals surface area contributed by atoms with Crippen LogP contribution in [0.25, 0.3) is 10.9 Å². The number of phenolic OH excluding ortho intramolecular Hbond substituents is 2. The number of fused-ring (bicyclic) bond motifs is 1. The van der Waals surface area contributed by atoms with Gasteiger partial charge in [0.2, 0.25) is 0 Å². The first-order valence-electron chi connectivity index (χ1n) is 8.91. The molecule has 0 unspecified atom stereocenters. The summed E-state index contributed by atoms with van der Waals surface area (Å²) in [5.41, 5.74) is 4.34. The van der Waals surface area contributed by atoms with Crippen LogP contribution in [0.5, 0.6) is 11.5 Å². The largest absolute Gasteiger partial charge is 0.508 e. The lowest BCUT2D eigenvalue weighted by Gasteiger charge is -2.19. The van der Waals surface area contributed by atoms with E-state index in [0.717, 1.165) is 46.6 Å². The Balaban J connectivity index is 1.95. The number of nitrogens with zero attached hydrogens (tertiary/aromatic N) is 2. The summed E-state index contributed by atoms with van der Waals surface area (Å²) in [6, 6.07) is 12.7. The second-order valence-corrected chi connectivity index (χ2v) is 6.44. The van der Waals surface area contributed by atoms with Crippen molar-refractivity contribution in [3.8, 4) is 11.5 Å². The summed E-state index contributed by atoms with van der Waals surface area (Å²) in [7, 11) is 0. The van der Waals surface area contributed by atoms with E-state index in [4.69, 9.17) is 0 Å². The number of aromatic nitrogens is 1. The molecule has 5 nitrogen and oxygen atoms in total. The Hall–Kier alpha value is -2.79. The van der Waals surface area contributed by atoms with Crippen LogP contribution in [0.3, 0.4) is 0 Å². The number of rotatable bonds is 6. The monoisotopic (exact) mass is 351 g/mol. The lowest BCUT2D eigenvalue weighted by molar-refractivity contribution is 0.291. The molecule has 0 aliphatic heterocycles. The van der Waals surface area contributed by atoms with E-state index >= 15 is 0 Å². The number of aromatic hydroxyl groups is 2. The van der Waals surface area contributed by atoms with Crippen molar-refractivity contribution in [1.29, 1.82) is 0 Å². The van der Waals surface area contributed by atoms with Crippen molar-refractivity contribution in [3.05, 3.63) is 53.7 Å². The van der Waals surface area contributed by atoms with Crippen LogP contribution < -0.4 is 5.32 Å². The summed E-state index contributed by atoms with van der Waals surface area (Å²) in [6.07, 6.45) is 0. The molecule has 0 saturated carbocycles. The number of benzene rings is 2. The molecular weight excluding hydrogens is 326 g/mol. The van der Waals surface area contributed by atoms with Crippen LogP contribution in [0, 0.1) is 6.92 Å². The number of pyridine rings is 1. The zero-order valence-corrected chi connectivity index (χ0v) is 15.5. The average Bonchev–Trinajstić information content (AvgIpc) is 2.61. The fraction of sp³-hybridized carbons (Fsp3) is 0.286. The molecule has 0 spiro atoms. The Morgan fingerprint density at radius 2 is 1.77 bits per heavy atom. The first-order chi connectivity index (χ1) is 12.5. The summed E-state index contributed by atoms with van der Waals surface area (Å²) in [5, 5.41) is 24.3. The predicted octanol–water partition coefficient (Wildman–Crippen LogP) is 4.54. The quantitative estimate of drug-likeness (QED) is 0.569. The molecule has 5 heteroatoms. The van der Waals surface area contributed by atoms with Gasteiger partial charge in [-0.1, -0.05) is 13.8 Å². The van der Waals surface area contributed by atoms with E-state index in [-0.39, 0.29) is 5.75 Å². The molecule has 0 aliphatic rings. The number of aryl methyl sites for hydroxylation is 1. The molecule has 136 valence electrons. The second-order valence-electron chi connectivity index (χ2n) is 6.44. The highest BCUT2D eigenvalue weighted by Gasteiger charge is 2.09. The van der Waals surface area contributed by atoms with Crippen LogP contribution in [0.15, 0.2) is 42.5 Å². The highest BCUT2D eigenvalue weighted by atomic mass is 16.3. The molecule has 0 amide bonds. The number of anilines is 2. The minimum atomic E-state index is 0.202. The van der Waals surface area contributed by atoms with Crippen LogP contribution >= 0.6 is 0 Å². The van der Waals surface area contributed by atoms with Gasteiger partial charge in [-0.25, -0.2) is 0 Å². The van der Waals surface area contributed by atoms with Gasteiger partial charge in [0.05, 0.1) is 5.52 Å².